The van der Waals surface area contributed by atoms with Gasteiger partial charge in [0, 0.05) is 12.1 Å². The number of nitrogens with one attached hydrogen (secondary N) is 1. The summed E-state index contributed by atoms with van der Waals surface area (Å²) in [6.07, 6.45) is 2.37. The minimum Gasteiger partial charge on any atom is -0.312 e. The van der Waals surface area contributed by atoms with Gasteiger partial charge in [-0.15, -0.1) is 0 Å². The summed E-state index contributed by atoms with van der Waals surface area (Å²) in [7, 11) is 2.21. The molecule has 0 aliphatic heterocycles. The fourth-order valence-corrected chi connectivity index (χ4v) is 2.26. The van der Waals surface area contributed by atoms with Gasteiger partial charge in [0.1, 0.15) is 0 Å². The Bertz CT molecular complexity index is 387. The zero-order chi connectivity index (χ0) is 15.9. The number of benzene rings is 1. The predicted molar refractivity (Wildman–Crippen MR) is 93.7 cm³/mol. The maximum Gasteiger partial charge on any atom is 0.0230 e. The first kappa shape index (κ1) is 18.2. The second-order valence-electron chi connectivity index (χ2n) is 7.66. The molecule has 1 N–H and O–H groups in total. The molecule has 0 radical (unpaired) electrons. The zero-order valence-corrected chi connectivity index (χ0v) is 14.9. The third-order valence-corrected chi connectivity index (χ3v) is 3.63. The Balaban J connectivity index is 2.36. The van der Waals surface area contributed by atoms with E-state index in [9.17, 15) is 0 Å². The van der Waals surface area contributed by atoms with Crippen molar-refractivity contribution in [3.05, 3.63) is 35.4 Å². The van der Waals surface area contributed by atoms with Crippen LogP contribution in [0.4, 0.5) is 0 Å². The Hall–Kier alpha value is -0.860. The third kappa shape index (κ3) is 8.90. The quantitative estimate of drug-likeness (QED) is 0.775. The van der Waals surface area contributed by atoms with E-state index in [1.54, 1.807) is 0 Å². The Labute approximate surface area is 131 Å². The Morgan fingerprint density at radius 2 is 1.62 bits per heavy atom. The van der Waals surface area contributed by atoms with Gasteiger partial charge in [-0.1, -0.05) is 38.1 Å². The second kappa shape index (κ2) is 8.55. The summed E-state index contributed by atoms with van der Waals surface area (Å²) < 4.78 is 0. The molecule has 0 unspecified atom stereocenters. The molecular weight excluding hydrogens is 256 g/mol. The Kier molecular flexibility index (Phi) is 7.41. The first-order valence-corrected chi connectivity index (χ1v) is 8.27. The van der Waals surface area contributed by atoms with E-state index >= 15 is 0 Å². The molecule has 1 aromatic rings. The van der Waals surface area contributed by atoms with E-state index in [0.717, 1.165) is 25.4 Å². The van der Waals surface area contributed by atoms with Crippen LogP contribution in [0.3, 0.4) is 0 Å². The van der Waals surface area contributed by atoms with Crippen molar-refractivity contribution in [2.45, 2.75) is 59.5 Å². The minimum absolute atomic E-state index is 0.207. The van der Waals surface area contributed by atoms with Gasteiger partial charge >= 0.3 is 0 Å². The van der Waals surface area contributed by atoms with Gasteiger partial charge in [0.2, 0.25) is 0 Å². The highest BCUT2D eigenvalue weighted by Gasteiger charge is 2.07. The zero-order valence-electron chi connectivity index (χ0n) is 14.9. The first-order chi connectivity index (χ1) is 9.76. The number of rotatable bonds is 8. The maximum atomic E-state index is 3.54. The van der Waals surface area contributed by atoms with Crippen LogP contribution in [0.2, 0.25) is 0 Å². The Morgan fingerprint density at radius 3 is 2.14 bits per heavy atom. The monoisotopic (exact) mass is 290 g/mol. The highest BCUT2D eigenvalue weighted by Crippen LogP contribution is 2.09. The minimum atomic E-state index is 0.207. The molecule has 0 amide bonds. The van der Waals surface area contributed by atoms with E-state index in [2.05, 4.69) is 76.1 Å². The van der Waals surface area contributed by atoms with Crippen LogP contribution in [-0.2, 0) is 13.0 Å². The van der Waals surface area contributed by atoms with Crippen LogP contribution < -0.4 is 5.32 Å². The molecule has 1 aromatic carbocycles. The molecule has 0 heterocycles. The van der Waals surface area contributed by atoms with Crippen LogP contribution in [0.25, 0.3) is 0 Å². The number of nitrogens with zero attached hydrogens (tertiary/aromatic N) is 1. The number of hydrogen-bond acceptors (Lipinski definition) is 2. The van der Waals surface area contributed by atoms with Crippen molar-refractivity contribution in [2.24, 2.45) is 5.92 Å². The van der Waals surface area contributed by atoms with E-state index in [1.807, 2.05) is 0 Å². The summed E-state index contributed by atoms with van der Waals surface area (Å²) in [5.41, 5.74) is 3.04. The summed E-state index contributed by atoms with van der Waals surface area (Å²) in [6.45, 7) is 14.5. The molecule has 1 rings (SSSR count). The molecule has 0 aliphatic rings. The molecule has 0 spiro atoms. The van der Waals surface area contributed by atoms with Gasteiger partial charge in [-0.05, 0) is 70.8 Å². The van der Waals surface area contributed by atoms with E-state index in [1.165, 1.54) is 24.1 Å². The smallest absolute Gasteiger partial charge is 0.0230 e. The van der Waals surface area contributed by atoms with Crippen LogP contribution in [0, 0.1) is 5.92 Å². The molecule has 0 saturated heterocycles. The van der Waals surface area contributed by atoms with Crippen molar-refractivity contribution in [3.63, 3.8) is 0 Å². The van der Waals surface area contributed by atoms with E-state index < -0.39 is 0 Å². The average molecular weight is 290 g/mol. The van der Waals surface area contributed by atoms with Crippen LogP contribution >= 0.6 is 0 Å². The standard InChI is InChI=1S/C19H34N2/c1-16(2)12-14-21(6)15-18-9-7-17(8-10-18)11-13-20-19(3,4)5/h7-10,16,20H,11-15H2,1-6H3. The summed E-state index contributed by atoms with van der Waals surface area (Å²) in [4.78, 5) is 2.41. The third-order valence-electron chi connectivity index (χ3n) is 3.63. The van der Waals surface area contributed by atoms with Gasteiger partial charge in [0.05, 0.1) is 0 Å². The molecule has 0 saturated carbocycles. The lowest BCUT2D eigenvalue weighted by molar-refractivity contribution is 0.303. The highest BCUT2D eigenvalue weighted by atomic mass is 15.1. The van der Waals surface area contributed by atoms with Crippen molar-refractivity contribution in [1.82, 2.24) is 10.2 Å². The van der Waals surface area contributed by atoms with Crippen molar-refractivity contribution < 1.29 is 0 Å². The fraction of sp³-hybridized carbons (Fsp3) is 0.684. The molecule has 21 heavy (non-hydrogen) atoms. The van der Waals surface area contributed by atoms with Crippen molar-refractivity contribution in [3.8, 4) is 0 Å². The van der Waals surface area contributed by atoms with Gasteiger partial charge < -0.3 is 10.2 Å². The normalized spacial score (nSPS) is 12.4. The molecule has 2 heteroatoms. The molecule has 0 fully saturated rings. The molecule has 2 nitrogen and oxygen atoms in total. The molecule has 0 aromatic heterocycles. The summed E-state index contributed by atoms with van der Waals surface area (Å²) in [6, 6.07) is 9.10. The lowest BCUT2D eigenvalue weighted by Crippen LogP contribution is -2.37. The highest BCUT2D eigenvalue weighted by molar-refractivity contribution is 5.22. The molecule has 0 bridgehead atoms. The topological polar surface area (TPSA) is 15.3 Å². The van der Waals surface area contributed by atoms with Gasteiger partial charge in [-0.25, -0.2) is 0 Å². The van der Waals surface area contributed by atoms with Crippen LogP contribution in [-0.4, -0.2) is 30.6 Å². The molecule has 0 atom stereocenters. The SMILES string of the molecule is CC(C)CCN(C)Cc1ccc(CCNC(C)(C)C)cc1. The molecule has 120 valence electrons. The van der Waals surface area contributed by atoms with Gasteiger partial charge in [0.15, 0.2) is 0 Å². The predicted octanol–water partition coefficient (Wildman–Crippen LogP) is 4.10. The first-order valence-electron chi connectivity index (χ1n) is 8.27. The van der Waals surface area contributed by atoms with E-state index in [-0.39, 0.29) is 5.54 Å². The average Bonchev–Trinajstić information content (AvgIpc) is 2.37. The van der Waals surface area contributed by atoms with Crippen LogP contribution in [0.1, 0.15) is 52.2 Å². The lowest BCUT2D eigenvalue weighted by Gasteiger charge is -2.20. The Morgan fingerprint density at radius 1 is 1.05 bits per heavy atom. The molecular formula is C19H34N2. The van der Waals surface area contributed by atoms with Gasteiger partial charge in [0.25, 0.3) is 0 Å². The van der Waals surface area contributed by atoms with E-state index in [0.29, 0.717) is 0 Å². The van der Waals surface area contributed by atoms with E-state index in [4.69, 9.17) is 0 Å². The number of hydrogen-bond donors (Lipinski definition) is 1. The van der Waals surface area contributed by atoms with Crippen molar-refractivity contribution in [2.75, 3.05) is 20.1 Å². The van der Waals surface area contributed by atoms with Crippen molar-refractivity contribution >= 4 is 0 Å². The summed E-state index contributed by atoms with van der Waals surface area (Å²) in [5, 5.41) is 3.54. The summed E-state index contributed by atoms with van der Waals surface area (Å²) >= 11 is 0. The fourth-order valence-electron chi connectivity index (χ4n) is 2.26. The van der Waals surface area contributed by atoms with Gasteiger partial charge in [-0.3, -0.25) is 0 Å². The van der Waals surface area contributed by atoms with Crippen molar-refractivity contribution in [1.29, 1.82) is 0 Å². The van der Waals surface area contributed by atoms with Crippen LogP contribution in [0.5, 0.6) is 0 Å². The maximum absolute atomic E-state index is 3.54. The second-order valence-corrected chi connectivity index (χ2v) is 7.66. The van der Waals surface area contributed by atoms with Crippen LogP contribution in [0.15, 0.2) is 24.3 Å². The largest absolute Gasteiger partial charge is 0.312 e. The van der Waals surface area contributed by atoms with Gasteiger partial charge in [-0.2, -0.15) is 0 Å². The lowest BCUT2D eigenvalue weighted by atomic mass is 10.1. The molecule has 0 aliphatic carbocycles. The summed E-state index contributed by atoms with van der Waals surface area (Å²) in [5.74, 6) is 0.783.